The van der Waals surface area contributed by atoms with Crippen LogP contribution in [0.3, 0.4) is 0 Å². The molecule has 16 heavy (non-hydrogen) atoms. The van der Waals surface area contributed by atoms with E-state index in [0.29, 0.717) is 0 Å². The molecule has 2 rings (SSSR count). The minimum atomic E-state index is 0.837. The van der Waals surface area contributed by atoms with E-state index in [1.54, 1.807) is 0 Å². The van der Waals surface area contributed by atoms with Gasteiger partial charge in [-0.25, -0.2) is 0 Å². The van der Waals surface area contributed by atoms with Gasteiger partial charge < -0.3 is 4.90 Å². The maximum absolute atomic E-state index is 5.41. The Labute approximate surface area is 98.5 Å². The standard InChI is InChI=1S/C15H19N/c1-3-13-5-4-6-15(11-13)12-14-7-9-16(2)10-8-14/h1,4-6,11,14H,7-10,12H2,2H3. The highest BCUT2D eigenvalue weighted by Gasteiger charge is 2.16. The van der Waals surface area contributed by atoms with Gasteiger partial charge in [-0.15, -0.1) is 6.42 Å². The Bertz CT molecular complexity index is 381. The van der Waals surface area contributed by atoms with Crippen LogP contribution < -0.4 is 0 Å². The molecule has 0 atom stereocenters. The Morgan fingerprint density at radius 3 is 2.81 bits per heavy atom. The zero-order valence-electron chi connectivity index (χ0n) is 9.95. The lowest BCUT2D eigenvalue weighted by molar-refractivity contribution is 0.219. The number of piperidine rings is 1. The van der Waals surface area contributed by atoms with Crippen molar-refractivity contribution in [2.24, 2.45) is 5.92 Å². The summed E-state index contributed by atoms with van der Waals surface area (Å²) in [4.78, 5) is 2.41. The minimum absolute atomic E-state index is 0.837. The Morgan fingerprint density at radius 1 is 1.38 bits per heavy atom. The van der Waals surface area contributed by atoms with Crippen molar-refractivity contribution in [3.63, 3.8) is 0 Å². The summed E-state index contributed by atoms with van der Waals surface area (Å²) >= 11 is 0. The van der Waals surface area contributed by atoms with Gasteiger partial charge in [0, 0.05) is 5.56 Å². The van der Waals surface area contributed by atoms with Gasteiger partial charge in [0.15, 0.2) is 0 Å². The summed E-state index contributed by atoms with van der Waals surface area (Å²) in [5, 5.41) is 0. The maximum Gasteiger partial charge on any atom is 0.0245 e. The molecule has 1 heteroatoms. The molecule has 1 aromatic rings. The van der Waals surface area contributed by atoms with Crippen LogP contribution in [0.5, 0.6) is 0 Å². The summed E-state index contributed by atoms with van der Waals surface area (Å²) < 4.78 is 0. The summed E-state index contributed by atoms with van der Waals surface area (Å²) in [6.45, 7) is 2.47. The summed E-state index contributed by atoms with van der Waals surface area (Å²) in [7, 11) is 2.20. The predicted molar refractivity (Wildman–Crippen MR) is 68.3 cm³/mol. The predicted octanol–water partition coefficient (Wildman–Crippen LogP) is 2.55. The normalized spacial score (nSPS) is 18.2. The van der Waals surface area contributed by atoms with E-state index in [0.717, 1.165) is 11.5 Å². The zero-order chi connectivity index (χ0) is 11.4. The molecule has 1 heterocycles. The van der Waals surface area contributed by atoms with E-state index in [4.69, 9.17) is 6.42 Å². The average Bonchev–Trinajstić information content (AvgIpc) is 2.32. The molecule has 0 N–H and O–H groups in total. The van der Waals surface area contributed by atoms with Gasteiger partial charge in [0.05, 0.1) is 0 Å². The fourth-order valence-corrected chi connectivity index (χ4v) is 2.39. The SMILES string of the molecule is C#Cc1cccc(CC2CCN(C)CC2)c1. The quantitative estimate of drug-likeness (QED) is 0.682. The van der Waals surface area contributed by atoms with E-state index in [2.05, 4.69) is 36.1 Å². The number of hydrogen-bond acceptors (Lipinski definition) is 1. The Balaban J connectivity index is 1.96. The van der Waals surface area contributed by atoms with Crippen LogP contribution in [0.25, 0.3) is 0 Å². The highest BCUT2D eigenvalue weighted by atomic mass is 15.1. The second-order valence-electron chi connectivity index (χ2n) is 4.80. The molecule has 0 bridgehead atoms. The zero-order valence-corrected chi connectivity index (χ0v) is 9.95. The van der Waals surface area contributed by atoms with Crippen LogP contribution in [-0.4, -0.2) is 25.0 Å². The number of hydrogen-bond donors (Lipinski definition) is 0. The largest absolute Gasteiger partial charge is 0.306 e. The number of likely N-dealkylation sites (tertiary alicyclic amines) is 1. The lowest BCUT2D eigenvalue weighted by Gasteiger charge is -2.28. The van der Waals surface area contributed by atoms with Crippen LogP contribution in [0.4, 0.5) is 0 Å². The van der Waals surface area contributed by atoms with E-state index in [-0.39, 0.29) is 0 Å². The molecule has 0 unspecified atom stereocenters. The van der Waals surface area contributed by atoms with Crippen molar-refractivity contribution in [1.82, 2.24) is 4.90 Å². The van der Waals surface area contributed by atoms with Crippen LogP contribution in [0.15, 0.2) is 24.3 Å². The van der Waals surface area contributed by atoms with E-state index in [1.165, 1.54) is 37.9 Å². The van der Waals surface area contributed by atoms with Crippen LogP contribution in [0.2, 0.25) is 0 Å². The first-order chi connectivity index (χ1) is 7.78. The van der Waals surface area contributed by atoms with Crippen LogP contribution in [0, 0.1) is 18.3 Å². The third-order valence-corrected chi connectivity index (χ3v) is 3.46. The van der Waals surface area contributed by atoms with Gasteiger partial charge in [-0.1, -0.05) is 18.1 Å². The topological polar surface area (TPSA) is 3.24 Å². The fourth-order valence-electron chi connectivity index (χ4n) is 2.39. The van der Waals surface area contributed by atoms with E-state index < -0.39 is 0 Å². The van der Waals surface area contributed by atoms with Crippen molar-refractivity contribution in [2.75, 3.05) is 20.1 Å². The van der Waals surface area contributed by atoms with Gasteiger partial charge in [0.25, 0.3) is 0 Å². The smallest absolute Gasteiger partial charge is 0.0245 e. The van der Waals surface area contributed by atoms with Gasteiger partial charge in [-0.05, 0) is 63.0 Å². The molecule has 0 aromatic heterocycles. The summed E-state index contributed by atoms with van der Waals surface area (Å²) in [5.74, 6) is 3.54. The van der Waals surface area contributed by atoms with Crippen LogP contribution >= 0.6 is 0 Å². The number of rotatable bonds is 2. The Kier molecular flexibility index (Phi) is 3.64. The highest BCUT2D eigenvalue weighted by molar-refractivity contribution is 5.35. The van der Waals surface area contributed by atoms with Crippen molar-refractivity contribution < 1.29 is 0 Å². The van der Waals surface area contributed by atoms with Crippen molar-refractivity contribution in [2.45, 2.75) is 19.3 Å². The lowest BCUT2D eigenvalue weighted by Crippen LogP contribution is -2.30. The van der Waals surface area contributed by atoms with E-state index >= 15 is 0 Å². The monoisotopic (exact) mass is 213 g/mol. The molecule has 0 spiro atoms. The molecule has 0 saturated carbocycles. The first kappa shape index (κ1) is 11.2. The molecule has 1 saturated heterocycles. The van der Waals surface area contributed by atoms with E-state index in [9.17, 15) is 0 Å². The molecule has 0 amide bonds. The molecule has 1 aliphatic rings. The van der Waals surface area contributed by atoms with Gasteiger partial charge in [-0.3, -0.25) is 0 Å². The third kappa shape index (κ3) is 2.87. The van der Waals surface area contributed by atoms with Gasteiger partial charge in [0.2, 0.25) is 0 Å². The molecule has 0 radical (unpaired) electrons. The van der Waals surface area contributed by atoms with Crippen LogP contribution in [-0.2, 0) is 6.42 Å². The first-order valence-electron chi connectivity index (χ1n) is 6.02. The molecular formula is C15H19N. The summed E-state index contributed by atoms with van der Waals surface area (Å²) in [6.07, 6.45) is 9.23. The van der Waals surface area contributed by atoms with Crippen molar-refractivity contribution >= 4 is 0 Å². The fraction of sp³-hybridized carbons (Fsp3) is 0.467. The van der Waals surface area contributed by atoms with E-state index in [1.807, 2.05) is 6.07 Å². The van der Waals surface area contributed by atoms with Crippen molar-refractivity contribution in [3.05, 3.63) is 35.4 Å². The van der Waals surface area contributed by atoms with Gasteiger partial charge >= 0.3 is 0 Å². The number of benzene rings is 1. The lowest BCUT2D eigenvalue weighted by atomic mass is 9.90. The minimum Gasteiger partial charge on any atom is -0.306 e. The molecule has 1 aliphatic heterocycles. The first-order valence-corrected chi connectivity index (χ1v) is 6.02. The highest BCUT2D eigenvalue weighted by Crippen LogP contribution is 2.21. The second kappa shape index (κ2) is 5.18. The maximum atomic E-state index is 5.41. The van der Waals surface area contributed by atoms with Gasteiger partial charge in [-0.2, -0.15) is 0 Å². The Morgan fingerprint density at radius 2 is 2.12 bits per heavy atom. The summed E-state index contributed by atoms with van der Waals surface area (Å²) in [6, 6.07) is 8.41. The summed E-state index contributed by atoms with van der Waals surface area (Å²) in [5.41, 5.74) is 2.40. The van der Waals surface area contributed by atoms with Crippen molar-refractivity contribution in [1.29, 1.82) is 0 Å². The molecule has 1 fully saturated rings. The molecule has 84 valence electrons. The molecule has 1 aromatic carbocycles. The number of nitrogens with zero attached hydrogens (tertiary/aromatic N) is 1. The average molecular weight is 213 g/mol. The molecule has 1 nitrogen and oxygen atoms in total. The van der Waals surface area contributed by atoms with Crippen LogP contribution in [0.1, 0.15) is 24.0 Å². The number of terminal acetylenes is 1. The molecular weight excluding hydrogens is 194 g/mol. The Hall–Kier alpha value is -1.26. The van der Waals surface area contributed by atoms with Crippen molar-refractivity contribution in [3.8, 4) is 12.3 Å². The third-order valence-electron chi connectivity index (χ3n) is 3.46. The second-order valence-corrected chi connectivity index (χ2v) is 4.80. The molecule has 0 aliphatic carbocycles. The van der Waals surface area contributed by atoms with Gasteiger partial charge in [0.1, 0.15) is 0 Å².